The minimum atomic E-state index is -3.31. The van der Waals surface area contributed by atoms with Crippen molar-refractivity contribution < 1.29 is 33.4 Å². The van der Waals surface area contributed by atoms with Gasteiger partial charge in [-0.25, -0.2) is 8.78 Å². The first-order valence-electron chi connectivity index (χ1n) is 14.3. The summed E-state index contributed by atoms with van der Waals surface area (Å²) in [4.78, 5) is 40.6. The molecular weight excluding hydrogens is 556 g/mol. The molecule has 4 rings (SSSR count). The second kappa shape index (κ2) is 13.8. The van der Waals surface area contributed by atoms with Crippen LogP contribution in [0.4, 0.5) is 8.78 Å². The van der Waals surface area contributed by atoms with E-state index in [9.17, 15) is 33.4 Å². The van der Waals surface area contributed by atoms with Gasteiger partial charge in [-0.15, -0.1) is 0 Å². The lowest BCUT2D eigenvalue weighted by molar-refractivity contribution is -0.150. The molecule has 4 N–H and O–H groups in total. The van der Waals surface area contributed by atoms with Gasteiger partial charge >= 0.3 is 0 Å². The van der Waals surface area contributed by atoms with Crippen molar-refractivity contribution in [1.82, 2.24) is 15.5 Å². The number of aryl methyl sites for hydroxylation is 1. The average Bonchev–Trinajstić information content (AvgIpc) is 3.40. The maximum absolute atomic E-state index is 14.6. The lowest BCUT2D eigenvalue weighted by atomic mass is 9.98. The van der Waals surface area contributed by atoms with E-state index < -0.39 is 55.3 Å². The van der Waals surface area contributed by atoms with Crippen molar-refractivity contribution >= 4 is 17.7 Å². The fourth-order valence-corrected chi connectivity index (χ4v) is 5.31. The summed E-state index contributed by atoms with van der Waals surface area (Å²) in [5.41, 5.74) is 3.14. The van der Waals surface area contributed by atoms with E-state index in [2.05, 4.69) is 10.6 Å². The lowest BCUT2D eigenvalue weighted by Crippen LogP contribution is -2.56. The number of nitrogens with zero attached hydrogens (tertiary/aromatic N) is 1. The van der Waals surface area contributed by atoms with Crippen LogP contribution in [0.2, 0.25) is 0 Å². The molecular formula is C33H37F2N3O5. The molecule has 0 saturated carbocycles. The monoisotopic (exact) mass is 593 g/mol. The molecule has 8 nitrogen and oxygen atoms in total. The van der Waals surface area contributed by atoms with E-state index in [1.165, 1.54) is 25.1 Å². The van der Waals surface area contributed by atoms with E-state index in [0.29, 0.717) is 22.4 Å². The molecule has 0 radical (unpaired) electrons. The van der Waals surface area contributed by atoms with E-state index >= 15 is 0 Å². The molecule has 0 unspecified atom stereocenters. The Balaban J connectivity index is 1.56. The number of aliphatic hydroxyl groups is 1. The number of phenolic OH excluding ortho intramolecular Hbond substituents is 1. The first-order chi connectivity index (χ1) is 20.5. The molecule has 228 valence electrons. The fraction of sp³-hybridized carbons (Fsp3) is 0.364. The number of carbonyl (C=O) groups is 3. The van der Waals surface area contributed by atoms with Crippen molar-refractivity contribution in [1.29, 1.82) is 0 Å². The summed E-state index contributed by atoms with van der Waals surface area (Å²) < 4.78 is 29.3. The van der Waals surface area contributed by atoms with Crippen LogP contribution in [0.1, 0.15) is 58.4 Å². The van der Waals surface area contributed by atoms with E-state index in [1.807, 2.05) is 24.3 Å². The highest BCUT2D eigenvalue weighted by molar-refractivity contribution is 5.97. The summed E-state index contributed by atoms with van der Waals surface area (Å²) in [6.07, 6.45) is -1.12. The number of benzene rings is 3. The molecule has 1 aliphatic carbocycles. The summed E-state index contributed by atoms with van der Waals surface area (Å²) in [5.74, 6) is -5.82. The van der Waals surface area contributed by atoms with Crippen LogP contribution < -0.4 is 10.6 Å². The molecule has 0 heterocycles. The van der Waals surface area contributed by atoms with Gasteiger partial charge in [0.25, 0.3) is 17.7 Å². The summed E-state index contributed by atoms with van der Waals surface area (Å²) in [6.45, 7) is 1.05. The van der Waals surface area contributed by atoms with Gasteiger partial charge in [-0.3, -0.25) is 14.4 Å². The van der Waals surface area contributed by atoms with Crippen LogP contribution in [0, 0.1) is 6.92 Å². The number of alkyl halides is 2. The van der Waals surface area contributed by atoms with Crippen LogP contribution in [0.15, 0.2) is 72.8 Å². The molecule has 3 aromatic carbocycles. The second-order valence-corrected chi connectivity index (χ2v) is 10.9. The number of phenols is 1. The number of halogens is 2. The Morgan fingerprint density at radius 2 is 1.72 bits per heavy atom. The van der Waals surface area contributed by atoms with Crippen molar-refractivity contribution in [3.8, 4) is 5.75 Å². The van der Waals surface area contributed by atoms with Gasteiger partial charge < -0.3 is 25.7 Å². The Morgan fingerprint density at radius 1 is 1.02 bits per heavy atom. The Hall–Kier alpha value is -4.31. The normalized spacial score (nSPS) is 15.7. The highest BCUT2D eigenvalue weighted by Crippen LogP contribution is 2.30. The number of hydrogen-bond acceptors (Lipinski definition) is 5. The molecule has 0 saturated heterocycles. The Kier molecular flexibility index (Phi) is 10.1. The van der Waals surface area contributed by atoms with Gasteiger partial charge in [0.1, 0.15) is 5.75 Å². The predicted molar refractivity (Wildman–Crippen MR) is 158 cm³/mol. The van der Waals surface area contributed by atoms with E-state index in [-0.39, 0.29) is 23.8 Å². The van der Waals surface area contributed by atoms with Crippen LogP contribution in [-0.4, -0.2) is 64.0 Å². The molecule has 0 fully saturated rings. The maximum atomic E-state index is 14.6. The standard InChI is InChI=1S/C33H37F2N3O5/c1-3-33(34,35)20-38(19-29(40)36-26-17-16-23-12-7-8-13-25(23)26)32(43)30(41)27(18-22-10-5-4-6-11-22)37-31(42)24-14-9-15-28(39)21(24)2/h4-15,26-27,30,39,41H,3,16-20H2,1-2H3,(H,36,40)(H,37,42)/t26-,27-,30-/m0/s1. The fourth-order valence-electron chi connectivity index (χ4n) is 5.31. The zero-order valence-corrected chi connectivity index (χ0v) is 24.2. The van der Waals surface area contributed by atoms with Crippen molar-refractivity contribution in [2.45, 2.75) is 63.6 Å². The average molecular weight is 594 g/mol. The van der Waals surface area contributed by atoms with Crippen LogP contribution in [0.3, 0.4) is 0 Å². The smallest absolute Gasteiger partial charge is 0.265 e. The third-order valence-electron chi connectivity index (χ3n) is 7.85. The number of fused-ring (bicyclic) bond motifs is 1. The zero-order chi connectivity index (χ0) is 31.1. The molecule has 1 aliphatic rings. The molecule has 3 aromatic rings. The minimum absolute atomic E-state index is 0.000412. The predicted octanol–water partition coefficient (Wildman–Crippen LogP) is 4.08. The molecule has 3 amide bonds. The highest BCUT2D eigenvalue weighted by atomic mass is 19.3. The number of amides is 3. The van der Waals surface area contributed by atoms with Gasteiger partial charge in [-0.2, -0.15) is 0 Å². The summed E-state index contributed by atoms with van der Waals surface area (Å²) in [5, 5.41) is 26.8. The largest absolute Gasteiger partial charge is 0.508 e. The summed E-state index contributed by atoms with van der Waals surface area (Å²) >= 11 is 0. The second-order valence-electron chi connectivity index (χ2n) is 10.9. The summed E-state index contributed by atoms with van der Waals surface area (Å²) in [6, 6.07) is 19.3. The highest BCUT2D eigenvalue weighted by Gasteiger charge is 2.38. The SMILES string of the molecule is CCC(F)(F)CN(CC(=O)N[C@H]1CCc2ccccc21)C(=O)[C@@H](O)[C@H](Cc1ccccc1)NC(=O)c1cccc(O)c1C. The zero-order valence-electron chi connectivity index (χ0n) is 24.2. The number of aliphatic hydroxyl groups excluding tert-OH is 1. The van der Waals surface area contributed by atoms with Crippen LogP contribution in [-0.2, 0) is 22.4 Å². The van der Waals surface area contributed by atoms with Gasteiger partial charge in [0.2, 0.25) is 5.91 Å². The molecule has 10 heteroatoms. The molecule has 0 spiro atoms. The Morgan fingerprint density at radius 3 is 2.44 bits per heavy atom. The quantitative estimate of drug-likeness (QED) is 0.252. The Labute approximate surface area is 249 Å². The van der Waals surface area contributed by atoms with Gasteiger partial charge in [0.15, 0.2) is 6.10 Å². The van der Waals surface area contributed by atoms with Crippen molar-refractivity contribution in [3.05, 3.63) is 101 Å². The van der Waals surface area contributed by atoms with Crippen LogP contribution >= 0.6 is 0 Å². The summed E-state index contributed by atoms with van der Waals surface area (Å²) in [7, 11) is 0. The van der Waals surface area contributed by atoms with E-state index in [0.717, 1.165) is 17.5 Å². The number of nitrogens with one attached hydrogen (secondary N) is 2. The van der Waals surface area contributed by atoms with Crippen molar-refractivity contribution in [3.63, 3.8) is 0 Å². The number of rotatable bonds is 12. The molecule has 0 bridgehead atoms. The number of hydrogen-bond donors (Lipinski definition) is 4. The third kappa shape index (κ3) is 7.95. The van der Waals surface area contributed by atoms with Gasteiger partial charge in [-0.05, 0) is 55.0 Å². The third-order valence-corrected chi connectivity index (χ3v) is 7.85. The lowest BCUT2D eigenvalue weighted by Gasteiger charge is -2.32. The minimum Gasteiger partial charge on any atom is -0.508 e. The van der Waals surface area contributed by atoms with Crippen molar-refractivity contribution in [2.75, 3.05) is 13.1 Å². The Bertz CT molecular complexity index is 1450. The molecule has 3 atom stereocenters. The molecule has 0 aromatic heterocycles. The van der Waals surface area contributed by atoms with E-state index in [1.54, 1.807) is 37.3 Å². The van der Waals surface area contributed by atoms with Crippen molar-refractivity contribution in [2.24, 2.45) is 0 Å². The van der Waals surface area contributed by atoms with Gasteiger partial charge in [-0.1, -0.05) is 67.6 Å². The first kappa shape index (κ1) is 31.6. The van der Waals surface area contributed by atoms with Gasteiger partial charge in [0.05, 0.1) is 25.2 Å². The van der Waals surface area contributed by atoms with Gasteiger partial charge in [0, 0.05) is 17.5 Å². The van der Waals surface area contributed by atoms with E-state index in [4.69, 9.17) is 0 Å². The number of aromatic hydroxyl groups is 1. The number of carbonyl (C=O) groups excluding carboxylic acids is 3. The molecule has 0 aliphatic heterocycles. The van der Waals surface area contributed by atoms with Crippen LogP contribution in [0.5, 0.6) is 5.75 Å². The first-order valence-corrected chi connectivity index (χ1v) is 14.3. The topological polar surface area (TPSA) is 119 Å². The maximum Gasteiger partial charge on any atom is 0.265 e. The molecule has 43 heavy (non-hydrogen) atoms. The van der Waals surface area contributed by atoms with Crippen LogP contribution in [0.25, 0.3) is 0 Å².